The number of fused-ring (bicyclic) bond motifs is 1. The summed E-state index contributed by atoms with van der Waals surface area (Å²) in [7, 11) is 1.85. The highest BCUT2D eigenvalue weighted by Crippen LogP contribution is 2.50. The van der Waals surface area contributed by atoms with Gasteiger partial charge in [-0.25, -0.2) is 0 Å². The molecule has 0 saturated heterocycles. The Hall–Kier alpha value is -1.36. The lowest BCUT2D eigenvalue weighted by Gasteiger charge is -2.53. The van der Waals surface area contributed by atoms with Crippen molar-refractivity contribution < 1.29 is 19.4 Å². The van der Waals surface area contributed by atoms with Crippen molar-refractivity contribution in [3.63, 3.8) is 0 Å². The molecule has 0 bridgehead atoms. The van der Waals surface area contributed by atoms with E-state index in [9.17, 15) is 14.7 Å². The van der Waals surface area contributed by atoms with Gasteiger partial charge in [-0.1, -0.05) is 26.8 Å². The summed E-state index contributed by atoms with van der Waals surface area (Å²) in [6.45, 7) is 10.2. The molecule has 1 radical (unpaired) electrons. The van der Waals surface area contributed by atoms with Gasteiger partial charge in [-0.2, -0.15) is 0 Å². The van der Waals surface area contributed by atoms with E-state index in [2.05, 4.69) is 19.9 Å². The minimum Gasteiger partial charge on any atom is -0.458 e. The lowest BCUT2D eigenvalue weighted by Crippen LogP contribution is -2.56. The second kappa shape index (κ2) is 8.12. The van der Waals surface area contributed by atoms with Crippen LogP contribution in [0.25, 0.3) is 0 Å². The van der Waals surface area contributed by atoms with Crippen LogP contribution in [-0.4, -0.2) is 47.2 Å². The maximum Gasteiger partial charge on any atom is 0.303 e. The van der Waals surface area contributed by atoms with Crippen LogP contribution in [-0.2, 0) is 14.3 Å². The summed E-state index contributed by atoms with van der Waals surface area (Å²) in [4.78, 5) is 25.1. The fourth-order valence-electron chi connectivity index (χ4n) is 4.69. The Morgan fingerprint density at radius 1 is 1.42 bits per heavy atom. The van der Waals surface area contributed by atoms with E-state index in [1.54, 1.807) is 4.90 Å². The quantitative estimate of drug-likeness (QED) is 0.602. The second-order valence-electron chi connectivity index (χ2n) is 8.27. The summed E-state index contributed by atoms with van der Waals surface area (Å²) in [6.07, 6.45) is 5.93. The molecule has 0 aromatic rings. The first kappa shape index (κ1) is 20.9. The summed E-state index contributed by atoms with van der Waals surface area (Å²) in [5.41, 5.74) is -0.0106. The number of nitrogens with zero attached hydrogens (tertiary/aromatic N) is 1. The number of carbonyl (C=O) groups excluding carboxylic acids is 2. The molecule has 5 heteroatoms. The van der Waals surface area contributed by atoms with Crippen molar-refractivity contribution in [2.45, 2.75) is 65.6 Å². The van der Waals surface area contributed by atoms with Gasteiger partial charge in [0.15, 0.2) is 0 Å². The predicted molar refractivity (Wildman–Crippen MR) is 101 cm³/mol. The van der Waals surface area contributed by atoms with Crippen molar-refractivity contribution in [1.82, 2.24) is 4.90 Å². The van der Waals surface area contributed by atoms with Crippen LogP contribution < -0.4 is 0 Å². The topological polar surface area (TPSA) is 66.8 Å². The zero-order valence-corrected chi connectivity index (χ0v) is 17.0. The molecular weight excluding hydrogens is 330 g/mol. The third-order valence-electron chi connectivity index (χ3n) is 6.34. The summed E-state index contributed by atoms with van der Waals surface area (Å²) in [5, 5.41) is 11.5. The number of ether oxygens (including phenoxy) is 1. The SMILES string of the molecule is CCC(=O)N(C)CC(C)[C@@H]1CC[C@@H](C)[C@]2(O)[CH][C@@H](OC(C)=O)C(C)=C[C@H]12. The van der Waals surface area contributed by atoms with Gasteiger partial charge in [-0.15, -0.1) is 0 Å². The molecule has 2 aliphatic rings. The van der Waals surface area contributed by atoms with Gasteiger partial charge in [0.05, 0.1) is 5.60 Å². The highest BCUT2D eigenvalue weighted by atomic mass is 16.5. The number of carbonyl (C=O) groups is 2. The molecule has 6 atom stereocenters. The molecule has 2 rings (SSSR count). The largest absolute Gasteiger partial charge is 0.458 e. The predicted octanol–water partition coefficient (Wildman–Crippen LogP) is 2.98. The Labute approximate surface area is 157 Å². The molecule has 1 N–H and O–H groups in total. The average molecular weight is 365 g/mol. The van der Waals surface area contributed by atoms with E-state index in [1.165, 1.54) is 6.92 Å². The molecular formula is C21H34NO4. The molecule has 147 valence electrons. The van der Waals surface area contributed by atoms with E-state index in [0.29, 0.717) is 13.0 Å². The number of hydrogen-bond donors (Lipinski definition) is 1. The lowest BCUT2D eigenvalue weighted by molar-refractivity contribution is -0.148. The van der Waals surface area contributed by atoms with Crippen molar-refractivity contribution >= 4 is 11.9 Å². The van der Waals surface area contributed by atoms with Crippen LogP contribution in [0.4, 0.5) is 0 Å². The second-order valence-corrected chi connectivity index (χ2v) is 8.27. The minimum absolute atomic E-state index is 0.0156. The van der Waals surface area contributed by atoms with Crippen LogP contribution in [0, 0.1) is 30.1 Å². The monoisotopic (exact) mass is 364 g/mol. The van der Waals surface area contributed by atoms with E-state index in [4.69, 9.17) is 4.74 Å². The Kier molecular flexibility index (Phi) is 6.54. The molecule has 1 saturated carbocycles. The van der Waals surface area contributed by atoms with E-state index >= 15 is 0 Å². The first-order chi connectivity index (χ1) is 12.1. The zero-order chi connectivity index (χ0) is 19.6. The number of amides is 1. The smallest absolute Gasteiger partial charge is 0.303 e. The van der Waals surface area contributed by atoms with Gasteiger partial charge in [-0.05, 0) is 43.1 Å². The number of rotatable bonds is 5. The van der Waals surface area contributed by atoms with Gasteiger partial charge in [0.2, 0.25) is 5.91 Å². The van der Waals surface area contributed by atoms with Crippen molar-refractivity contribution in [3.05, 3.63) is 18.1 Å². The number of aliphatic hydroxyl groups is 1. The van der Waals surface area contributed by atoms with Crippen LogP contribution in [0.1, 0.15) is 53.9 Å². The zero-order valence-electron chi connectivity index (χ0n) is 17.0. The van der Waals surface area contributed by atoms with Crippen molar-refractivity contribution in [1.29, 1.82) is 0 Å². The van der Waals surface area contributed by atoms with Crippen molar-refractivity contribution in [3.8, 4) is 0 Å². The summed E-state index contributed by atoms with van der Waals surface area (Å²) < 4.78 is 5.40. The normalized spacial score (nSPS) is 35.1. The molecule has 0 aromatic heterocycles. The van der Waals surface area contributed by atoms with Crippen LogP contribution in [0.15, 0.2) is 11.6 Å². The molecule has 1 unspecified atom stereocenters. The standard InChI is InChI=1S/C21H34NO4/c1-7-20(24)22(6)12-14(3)17-9-8-15(4)21(25)11-19(26-16(5)23)13(2)10-18(17)21/h10-11,14-15,17-19,25H,7-9,12H2,1-6H3/t14?,15-,17+,18-,19-,21-/m1/s1. The van der Waals surface area contributed by atoms with Gasteiger partial charge in [0.25, 0.3) is 0 Å². The van der Waals surface area contributed by atoms with Gasteiger partial charge in [0, 0.05) is 39.3 Å². The van der Waals surface area contributed by atoms with Crippen molar-refractivity contribution in [2.24, 2.45) is 23.7 Å². The third kappa shape index (κ3) is 4.13. The lowest BCUT2D eigenvalue weighted by atomic mass is 9.57. The average Bonchev–Trinajstić information content (AvgIpc) is 2.56. The van der Waals surface area contributed by atoms with Crippen LogP contribution in [0.3, 0.4) is 0 Å². The van der Waals surface area contributed by atoms with Crippen LogP contribution in [0.2, 0.25) is 0 Å². The van der Waals surface area contributed by atoms with E-state index in [0.717, 1.165) is 18.4 Å². The molecule has 0 heterocycles. The molecule has 1 amide bonds. The van der Waals surface area contributed by atoms with E-state index in [-0.39, 0.29) is 35.5 Å². The highest BCUT2D eigenvalue weighted by molar-refractivity contribution is 5.75. The summed E-state index contributed by atoms with van der Waals surface area (Å²) in [6, 6.07) is 0. The van der Waals surface area contributed by atoms with Gasteiger partial charge >= 0.3 is 5.97 Å². The Bertz CT molecular complexity index is 572. The van der Waals surface area contributed by atoms with Crippen molar-refractivity contribution in [2.75, 3.05) is 13.6 Å². The van der Waals surface area contributed by atoms with Crippen LogP contribution in [0.5, 0.6) is 0 Å². The molecule has 26 heavy (non-hydrogen) atoms. The van der Waals surface area contributed by atoms with E-state index in [1.807, 2.05) is 27.3 Å². The van der Waals surface area contributed by atoms with E-state index < -0.39 is 11.7 Å². The first-order valence-electron chi connectivity index (χ1n) is 9.78. The minimum atomic E-state index is -0.982. The molecule has 0 aliphatic heterocycles. The Morgan fingerprint density at radius 2 is 2.08 bits per heavy atom. The molecule has 0 aromatic carbocycles. The van der Waals surface area contributed by atoms with Gasteiger partial charge in [-0.3, -0.25) is 9.59 Å². The Morgan fingerprint density at radius 3 is 2.65 bits per heavy atom. The summed E-state index contributed by atoms with van der Waals surface area (Å²) >= 11 is 0. The highest BCUT2D eigenvalue weighted by Gasteiger charge is 2.53. The first-order valence-corrected chi connectivity index (χ1v) is 9.78. The maximum atomic E-state index is 11.9. The van der Waals surface area contributed by atoms with Gasteiger partial charge < -0.3 is 14.7 Å². The molecule has 0 spiro atoms. The number of esters is 1. The Balaban J connectivity index is 2.24. The molecule has 1 fully saturated rings. The third-order valence-corrected chi connectivity index (χ3v) is 6.34. The summed E-state index contributed by atoms with van der Waals surface area (Å²) in [5.74, 6) is 0.462. The fourth-order valence-corrected chi connectivity index (χ4v) is 4.69. The maximum absolute atomic E-state index is 11.9. The molecule has 5 nitrogen and oxygen atoms in total. The fraction of sp³-hybridized carbons (Fsp3) is 0.762. The van der Waals surface area contributed by atoms with Gasteiger partial charge in [0.1, 0.15) is 6.10 Å². The van der Waals surface area contributed by atoms with Crippen LogP contribution >= 0.6 is 0 Å². The molecule has 2 aliphatic carbocycles. The number of hydrogen-bond acceptors (Lipinski definition) is 4.